The van der Waals surface area contributed by atoms with E-state index in [1.54, 1.807) is 19.2 Å². The summed E-state index contributed by atoms with van der Waals surface area (Å²) in [6.45, 7) is 1.92. The topological polar surface area (TPSA) is 42.1 Å². The number of carbonyl (C=O) groups excluding carboxylic acids is 1. The highest BCUT2D eigenvalue weighted by Crippen LogP contribution is 2.28. The number of aromatic amines is 1. The van der Waals surface area contributed by atoms with Gasteiger partial charge in [0, 0.05) is 16.6 Å². The summed E-state index contributed by atoms with van der Waals surface area (Å²) < 4.78 is 5.29. The van der Waals surface area contributed by atoms with Gasteiger partial charge < -0.3 is 9.72 Å². The summed E-state index contributed by atoms with van der Waals surface area (Å²) >= 11 is 0. The van der Waals surface area contributed by atoms with Gasteiger partial charge in [0.15, 0.2) is 5.78 Å². The first-order valence-electron chi connectivity index (χ1n) is 6.47. The van der Waals surface area contributed by atoms with Crippen LogP contribution in [0.4, 0.5) is 0 Å². The number of carbonyl (C=O) groups is 1. The third-order valence-corrected chi connectivity index (χ3v) is 3.47. The first kappa shape index (κ1) is 12.5. The Bertz CT molecular complexity index is 787. The molecular weight excluding hydrogens is 250 g/mol. The van der Waals surface area contributed by atoms with Crippen molar-refractivity contribution >= 4 is 16.7 Å². The van der Waals surface area contributed by atoms with Gasteiger partial charge in [-0.25, -0.2) is 0 Å². The van der Waals surface area contributed by atoms with Crippen molar-refractivity contribution in [1.29, 1.82) is 0 Å². The molecule has 100 valence electrons. The number of fused-ring (bicyclic) bond motifs is 1. The fourth-order valence-corrected chi connectivity index (χ4v) is 2.54. The second-order valence-corrected chi connectivity index (χ2v) is 4.70. The Hall–Kier alpha value is -2.55. The number of nitrogens with one attached hydrogen (secondary N) is 1. The first-order chi connectivity index (χ1) is 9.72. The number of H-pyrrole nitrogens is 1. The van der Waals surface area contributed by atoms with Crippen molar-refractivity contribution in [3.05, 3.63) is 65.4 Å². The monoisotopic (exact) mass is 265 g/mol. The van der Waals surface area contributed by atoms with Gasteiger partial charge in [-0.3, -0.25) is 4.79 Å². The van der Waals surface area contributed by atoms with Crippen LogP contribution in [0.1, 0.15) is 21.6 Å². The number of hydrogen-bond donors (Lipinski definition) is 1. The average molecular weight is 265 g/mol. The van der Waals surface area contributed by atoms with Crippen LogP contribution in [0.2, 0.25) is 0 Å². The van der Waals surface area contributed by atoms with Crippen molar-refractivity contribution in [1.82, 2.24) is 4.98 Å². The van der Waals surface area contributed by atoms with Crippen LogP contribution >= 0.6 is 0 Å². The molecule has 2 aromatic carbocycles. The van der Waals surface area contributed by atoms with E-state index in [0.29, 0.717) is 16.9 Å². The minimum absolute atomic E-state index is 0.0163. The number of ether oxygens (including phenoxy) is 1. The maximum atomic E-state index is 12.8. The van der Waals surface area contributed by atoms with E-state index in [1.165, 1.54) is 0 Å². The summed E-state index contributed by atoms with van der Waals surface area (Å²) in [7, 11) is 1.58. The zero-order chi connectivity index (χ0) is 14.1. The second-order valence-electron chi connectivity index (χ2n) is 4.70. The van der Waals surface area contributed by atoms with E-state index >= 15 is 0 Å². The molecule has 0 spiro atoms. The van der Waals surface area contributed by atoms with Gasteiger partial charge in [0.1, 0.15) is 5.75 Å². The second kappa shape index (κ2) is 4.85. The van der Waals surface area contributed by atoms with Gasteiger partial charge in [-0.2, -0.15) is 0 Å². The molecule has 0 aliphatic carbocycles. The average Bonchev–Trinajstić information content (AvgIpc) is 2.82. The largest absolute Gasteiger partial charge is 0.496 e. The lowest BCUT2D eigenvalue weighted by molar-refractivity contribution is 0.103. The van der Waals surface area contributed by atoms with Gasteiger partial charge in [0.05, 0.1) is 18.2 Å². The third-order valence-electron chi connectivity index (χ3n) is 3.47. The fourth-order valence-electron chi connectivity index (χ4n) is 2.54. The zero-order valence-corrected chi connectivity index (χ0v) is 11.4. The molecule has 0 saturated heterocycles. The molecule has 0 aliphatic heterocycles. The van der Waals surface area contributed by atoms with Crippen LogP contribution in [0.5, 0.6) is 5.75 Å². The number of rotatable bonds is 3. The summed E-state index contributed by atoms with van der Waals surface area (Å²) in [6, 6.07) is 15.1. The maximum Gasteiger partial charge on any atom is 0.199 e. The summed E-state index contributed by atoms with van der Waals surface area (Å²) in [5.74, 6) is 0.583. The van der Waals surface area contributed by atoms with Crippen molar-refractivity contribution in [2.24, 2.45) is 0 Å². The molecule has 0 unspecified atom stereocenters. The lowest BCUT2D eigenvalue weighted by Gasteiger charge is -2.07. The van der Waals surface area contributed by atoms with Crippen molar-refractivity contribution in [2.75, 3.05) is 7.11 Å². The molecule has 0 amide bonds. The van der Waals surface area contributed by atoms with Crippen LogP contribution in [0.3, 0.4) is 0 Å². The predicted molar refractivity (Wildman–Crippen MR) is 79.5 cm³/mol. The number of benzene rings is 2. The normalized spacial score (nSPS) is 10.7. The van der Waals surface area contributed by atoms with E-state index in [2.05, 4.69) is 4.98 Å². The summed E-state index contributed by atoms with van der Waals surface area (Å²) in [6.07, 6.45) is 0. The molecule has 0 atom stereocenters. The van der Waals surface area contributed by atoms with Crippen LogP contribution in [0.15, 0.2) is 48.5 Å². The van der Waals surface area contributed by atoms with Gasteiger partial charge in [0.25, 0.3) is 0 Å². The Morgan fingerprint density at radius 2 is 1.75 bits per heavy atom. The standard InChI is InChI=1S/C17H15NO2/c1-11-16(12-7-3-5-9-14(12)18-11)17(19)13-8-4-6-10-15(13)20-2/h3-10,18H,1-2H3. The van der Waals surface area contributed by atoms with Gasteiger partial charge >= 0.3 is 0 Å². The van der Waals surface area contributed by atoms with Crippen LogP contribution < -0.4 is 4.74 Å². The van der Waals surface area contributed by atoms with Gasteiger partial charge in [-0.05, 0) is 25.1 Å². The summed E-state index contributed by atoms with van der Waals surface area (Å²) in [5, 5.41) is 0.945. The predicted octanol–water partition coefficient (Wildman–Crippen LogP) is 3.72. The van der Waals surface area contributed by atoms with E-state index in [9.17, 15) is 4.79 Å². The van der Waals surface area contributed by atoms with Crippen LogP contribution in [0, 0.1) is 6.92 Å². The number of aromatic nitrogens is 1. The molecule has 1 heterocycles. The van der Waals surface area contributed by atoms with Crippen molar-refractivity contribution < 1.29 is 9.53 Å². The van der Waals surface area contributed by atoms with Gasteiger partial charge in [0.2, 0.25) is 0 Å². The molecule has 3 aromatic rings. The van der Waals surface area contributed by atoms with E-state index in [0.717, 1.165) is 16.6 Å². The van der Waals surface area contributed by atoms with Crippen LogP contribution in [0.25, 0.3) is 10.9 Å². The molecule has 0 saturated carbocycles. The Morgan fingerprint density at radius 1 is 1.05 bits per heavy atom. The highest BCUT2D eigenvalue weighted by molar-refractivity contribution is 6.18. The molecule has 3 heteroatoms. The molecule has 3 rings (SSSR count). The van der Waals surface area contributed by atoms with Crippen molar-refractivity contribution in [2.45, 2.75) is 6.92 Å². The lowest BCUT2D eigenvalue weighted by atomic mass is 10.00. The van der Waals surface area contributed by atoms with Crippen molar-refractivity contribution in [3.63, 3.8) is 0 Å². The van der Waals surface area contributed by atoms with E-state index in [1.807, 2.05) is 43.3 Å². The number of methoxy groups -OCH3 is 1. The zero-order valence-electron chi connectivity index (χ0n) is 11.4. The molecule has 20 heavy (non-hydrogen) atoms. The Balaban J connectivity index is 2.20. The highest BCUT2D eigenvalue weighted by atomic mass is 16.5. The molecular formula is C17H15NO2. The summed E-state index contributed by atoms with van der Waals surface area (Å²) in [5.41, 5.74) is 3.15. The fraction of sp³-hybridized carbons (Fsp3) is 0.118. The molecule has 0 bridgehead atoms. The quantitative estimate of drug-likeness (QED) is 0.733. The minimum Gasteiger partial charge on any atom is -0.496 e. The maximum absolute atomic E-state index is 12.8. The molecule has 0 fully saturated rings. The highest BCUT2D eigenvalue weighted by Gasteiger charge is 2.20. The number of aryl methyl sites for hydroxylation is 1. The Kier molecular flexibility index (Phi) is 3.03. The molecule has 3 nitrogen and oxygen atoms in total. The Labute approximate surface area is 117 Å². The number of hydrogen-bond acceptors (Lipinski definition) is 2. The van der Waals surface area contributed by atoms with Gasteiger partial charge in [-0.1, -0.05) is 30.3 Å². The molecule has 1 aromatic heterocycles. The number of ketones is 1. The molecule has 0 aliphatic rings. The summed E-state index contributed by atoms with van der Waals surface area (Å²) in [4.78, 5) is 16.1. The number of para-hydroxylation sites is 2. The lowest BCUT2D eigenvalue weighted by Crippen LogP contribution is -2.04. The third kappa shape index (κ3) is 1.88. The van der Waals surface area contributed by atoms with Crippen molar-refractivity contribution in [3.8, 4) is 5.75 Å². The van der Waals surface area contributed by atoms with E-state index in [-0.39, 0.29) is 5.78 Å². The van der Waals surface area contributed by atoms with Crippen LogP contribution in [-0.2, 0) is 0 Å². The first-order valence-corrected chi connectivity index (χ1v) is 6.47. The Morgan fingerprint density at radius 3 is 2.55 bits per heavy atom. The van der Waals surface area contributed by atoms with E-state index < -0.39 is 0 Å². The van der Waals surface area contributed by atoms with Crippen LogP contribution in [-0.4, -0.2) is 17.9 Å². The molecule has 1 N–H and O–H groups in total. The van der Waals surface area contributed by atoms with Gasteiger partial charge in [-0.15, -0.1) is 0 Å². The molecule has 0 radical (unpaired) electrons. The smallest absolute Gasteiger partial charge is 0.199 e. The van der Waals surface area contributed by atoms with E-state index in [4.69, 9.17) is 4.74 Å². The SMILES string of the molecule is COc1ccccc1C(=O)c1c(C)[nH]c2ccccc12. The minimum atomic E-state index is -0.0163.